The highest BCUT2D eigenvalue weighted by Crippen LogP contribution is 2.06. The Kier molecular flexibility index (Phi) is 3.37. The Morgan fingerprint density at radius 1 is 1.27 bits per heavy atom. The molecule has 15 heavy (non-hydrogen) atoms. The maximum atomic E-state index is 8.53. The van der Waals surface area contributed by atoms with Crippen LogP contribution in [0.1, 0.15) is 5.69 Å². The van der Waals surface area contributed by atoms with E-state index < -0.39 is 0 Å². The Morgan fingerprint density at radius 2 is 1.93 bits per heavy atom. The molecule has 0 radical (unpaired) electrons. The van der Waals surface area contributed by atoms with Crippen LogP contribution in [0.15, 0.2) is 18.0 Å². The van der Waals surface area contributed by atoms with Crippen LogP contribution in [-0.2, 0) is 0 Å². The van der Waals surface area contributed by atoms with Gasteiger partial charge in [0.15, 0.2) is 0 Å². The number of hydrogen-bond acceptors (Lipinski definition) is 5. The molecule has 0 saturated heterocycles. The molecule has 74 valence electrons. The molecular formula is C10H9N5. The van der Waals surface area contributed by atoms with E-state index in [1.165, 1.54) is 12.3 Å². The molecule has 5 nitrogen and oxygen atoms in total. The first-order chi connectivity index (χ1) is 7.17. The summed E-state index contributed by atoms with van der Waals surface area (Å²) >= 11 is 0. The molecule has 0 N–H and O–H groups in total. The van der Waals surface area contributed by atoms with Crippen molar-refractivity contribution in [2.75, 3.05) is 19.0 Å². The minimum absolute atomic E-state index is 0.0157. The number of anilines is 1. The Hall–Kier alpha value is -2.40. The lowest BCUT2D eigenvalue weighted by Gasteiger charge is -2.09. The van der Waals surface area contributed by atoms with Crippen molar-refractivity contribution in [2.24, 2.45) is 0 Å². The number of nitrogens with zero attached hydrogens (tertiary/aromatic N) is 5. The number of rotatable bonds is 2. The highest BCUT2D eigenvalue weighted by atomic mass is 15.1. The van der Waals surface area contributed by atoms with Crippen LogP contribution in [0.5, 0.6) is 0 Å². The molecule has 5 heteroatoms. The lowest BCUT2D eigenvalue weighted by Crippen LogP contribution is -2.10. The van der Waals surface area contributed by atoms with E-state index in [4.69, 9.17) is 10.5 Å². The maximum Gasteiger partial charge on any atom is 0.146 e. The molecule has 1 aromatic heterocycles. The van der Waals surface area contributed by atoms with Crippen molar-refractivity contribution in [3.8, 4) is 12.1 Å². The van der Waals surface area contributed by atoms with Crippen molar-refractivity contribution in [3.63, 3.8) is 0 Å². The zero-order valence-electron chi connectivity index (χ0n) is 8.47. The van der Waals surface area contributed by atoms with Crippen molar-refractivity contribution in [2.45, 2.75) is 0 Å². The van der Waals surface area contributed by atoms with E-state index in [0.717, 1.165) is 5.82 Å². The number of hydrogen-bond donors (Lipinski definition) is 0. The fraction of sp³-hybridized carbons (Fsp3) is 0.200. The zero-order chi connectivity index (χ0) is 11.3. The molecule has 0 amide bonds. The highest BCUT2D eigenvalue weighted by molar-refractivity contribution is 5.59. The first-order valence-electron chi connectivity index (χ1n) is 4.18. The molecule has 1 aromatic rings. The molecule has 0 unspecified atom stereocenters. The van der Waals surface area contributed by atoms with E-state index in [1.807, 2.05) is 19.0 Å². The predicted molar refractivity (Wildman–Crippen MR) is 55.6 cm³/mol. The van der Waals surface area contributed by atoms with Crippen LogP contribution in [0.3, 0.4) is 0 Å². The van der Waals surface area contributed by atoms with Gasteiger partial charge in [-0.2, -0.15) is 10.5 Å². The lowest BCUT2D eigenvalue weighted by molar-refractivity contribution is 1.03. The molecular weight excluding hydrogens is 190 g/mol. The standard InChI is InChI=1S/C10H9N5/c1-15(2)10-7-13-9(6-14-10)3-8(4-11)5-12/h3,6-7H,1-2H3. The van der Waals surface area contributed by atoms with Gasteiger partial charge in [0.25, 0.3) is 0 Å². The molecule has 0 aliphatic heterocycles. The third-order valence-electron chi connectivity index (χ3n) is 1.65. The minimum atomic E-state index is 0.0157. The van der Waals surface area contributed by atoms with Gasteiger partial charge >= 0.3 is 0 Å². The summed E-state index contributed by atoms with van der Waals surface area (Å²) in [5.74, 6) is 0.725. The summed E-state index contributed by atoms with van der Waals surface area (Å²) < 4.78 is 0. The van der Waals surface area contributed by atoms with E-state index in [0.29, 0.717) is 5.69 Å². The molecule has 0 aromatic carbocycles. The van der Waals surface area contributed by atoms with E-state index in [1.54, 1.807) is 18.3 Å². The van der Waals surface area contributed by atoms with Gasteiger partial charge in [-0.3, -0.25) is 4.98 Å². The Bertz CT molecular complexity index is 428. The quantitative estimate of drug-likeness (QED) is 0.663. The van der Waals surface area contributed by atoms with Crippen LogP contribution in [0.2, 0.25) is 0 Å². The number of aromatic nitrogens is 2. The summed E-state index contributed by atoms with van der Waals surface area (Å²) in [6, 6.07) is 3.52. The molecule has 0 bridgehead atoms. The summed E-state index contributed by atoms with van der Waals surface area (Å²) in [6.45, 7) is 0. The van der Waals surface area contributed by atoms with Gasteiger partial charge in [-0.25, -0.2) is 4.98 Å². The second kappa shape index (κ2) is 4.73. The van der Waals surface area contributed by atoms with Gasteiger partial charge in [0.2, 0.25) is 0 Å². The van der Waals surface area contributed by atoms with E-state index >= 15 is 0 Å². The molecule has 0 saturated carbocycles. The first-order valence-corrected chi connectivity index (χ1v) is 4.18. The normalized spacial score (nSPS) is 8.53. The monoisotopic (exact) mass is 199 g/mol. The summed E-state index contributed by atoms with van der Waals surface area (Å²) in [7, 11) is 3.71. The van der Waals surface area contributed by atoms with Crippen LogP contribution >= 0.6 is 0 Å². The van der Waals surface area contributed by atoms with Crippen molar-refractivity contribution in [1.82, 2.24) is 9.97 Å². The third-order valence-corrected chi connectivity index (χ3v) is 1.65. The number of nitriles is 2. The average molecular weight is 199 g/mol. The highest BCUT2D eigenvalue weighted by Gasteiger charge is 1.98. The molecule has 0 atom stereocenters. The first kappa shape index (κ1) is 10.7. The lowest BCUT2D eigenvalue weighted by atomic mass is 10.2. The van der Waals surface area contributed by atoms with Gasteiger partial charge in [0.1, 0.15) is 23.5 Å². The zero-order valence-corrected chi connectivity index (χ0v) is 8.47. The van der Waals surface area contributed by atoms with Gasteiger partial charge in [-0.1, -0.05) is 0 Å². The Balaban J connectivity index is 2.97. The van der Waals surface area contributed by atoms with Crippen LogP contribution < -0.4 is 4.90 Å². The summed E-state index contributed by atoms with van der Waals surface area (Å²) in [6.07, 6.45) is 4.49. The number of allylic oxidation sites excluding steroid dienone is 1. The molecule has 0 aliphatic rings. The molecule has 0 aliphatic carbocycles. The predicted octanol–water partition coefficient (Wildman–Crippen LogP) is 0.973. The molecule has 0 fully saturated rings. The van der Waals surface area contributed by atoms with Gasteiger partial charge in [-0.15, -0.1) is 0 Å². The van der Waals surface area contributed by atoms with Crippen LogP contribution in [0.25, 0.3) is 6.08 Å². The van der Waals surface area contributed by atoms with Crippen molar-refractivity contribution in [3.05, 3.63) is 23.7 Å². The van der Waals surface area contributed by atoms with E-state index in [-0.39, 0.29) is 5.57 Å². The Morgan fingerprint density at radius 3 is 2.33 bits per heavy atom. The SMILES string of the molecule is CN(C)c1cnc(C=C(C#N)C#N)cn1. The van der Waals surface area contributed by atoms with E-state index in [9.17, 15) is 0 Å². The van der Waals surface area contributed by atoms with Gasteiger partial charge in [-0.05, 0) is 6.08 Å². The van der Waals surface area contributed by atoms with Crippen LogP contribution in [0, 0.1) is 22.7 Å². The van der Waals surface area contributed by atoms with Gasteiger partial charge in [0, 0.05) is 14.1 Å². The molecule has 1 rings (SSSR count). The topological polar surface area (TPSA) is 76.6 Å². The smallest absolute Gasteiger partial charge is 0.146 e. The maximum absolute atomic E-state index is 8.53. The van der Waals surface area contributed by atoms with Gasteiger partial charge in [0.05, 0.1) is 18.1 Å². The van der Waals surface area contributed by atoms with Crippen molar-refractivity contribution in [1.29, 1.82) is 10.5 Å². The second-order valence-corrected chi connectivity index (χ2v) is 2.98. The molecule has 0 spiro atoms. The summed E-state index contributed by atoms with van der Waals surface area (Å²) in [4.78, 5) is 9.97. The van der Waals surface area contributed by atoms with Gasteiger partial charge < -0.3 is 4.90 Å². The summed E-state index contributed by atoms with van der Waals surface area (Å²) in [5, 5.41) is 17.1. The largest absolute Gasteiger partial charge is 0.361 e. The minimum Gasteiger partial charge on any atom is -0.361 e. The Labute approximate surface area is 87.9 Å². The van der Waals surface area contributed by atoms with Crippen molar-refractivity contribution >= 4 is 11.9 Å². The van der Waals surface area contributed by atoms with Crippen molar-refractivity contribution < 1.29 is 0 Å². The molecule has 1 heterocycles. The fourth-order valence-electron chi connectivity index (χ4n) is 0.874. The fourth-order valence-corrected chi connectivity index (χ4v) is 0.874. The van der Waals surface area contributed by atoms with Crippen LogP contribution in [0.4, 0.5) is 5.82 Å². The third kappa shape index (κ3) is 2.78. The second-order valence-electron chi connectivity index (χ2n) is 2.98. The van der Waals surface area contributed by atoms with Crippen LogP contribution in [-0.4, -0.2) is 24.1 Å². The van der Waals surface area contributed by atoms with E-state index in [2.05, 4.69) is 9.97 Å². The average Bonchev–Trinajstić information content (AvgIpc) is 2.26. The summed E-state index contributed by atoms with van der Waals surface area (Å²) in [5.41, 5.74) is 0.514.